The fourth-order valence-electron chi connectivity index (χ4n) is 5.83. The Morgan fingerprint density at radius 3 is 2.02 bits per heavy atom. The minimum atomic E-state index is -2.74. The third-order valence-corrected chi connectivity index (χ3v) is 8.49. The van der Waals surface area contributed by atoms with Gasteiger partial charge in [-0.05, 0) is 37.0 Å². The number of aryl methyl sites for hydroxylation is 1. The highest BCUT2D eigenvalue weighted by atomic mass is 16.5. The molecule has 0 spiro atoms. The second-order valence-corrected chi connectivity index (χ2v) is 11.9. The Morgan fingerprint density at radius 1 is 0.870 bits per heavy atom. The number of aliphatic carboxylic acids is 3. The third kappa shape index (κ3) is 8.69. The lowest BCUT2D eigenvalue weighted by atomic mass is 9.84. The molecule has 46 heavy (non-hydrogen) atoms. The number of likely N-dealkylation sites (tertiary alicyclic amines) is 1. The van der Waals surface area contributed by atoms with Gasteiger partial charge in [0, 0.05) is 49.8 Å². The molecule has 0 bridgehead atoms. The van der Waals surface area contributed by atoms with Gasteiger partial charge in [-0.15, -0.1) is 0 Å². The van der Waals surface area contributed by atoms with Crippen molar-refractivity contribution in [2.24, 2.45) is 0 Å². The van der Waals surface area contributed by atoms with E-state index >= 15 is 0 Å². The van der Waals surface area contributed by atoms with Gasteiger partial charge in [0.25, 0.3) is 0 Å². The van der Waals surface area contributed by atoms with Crippen molar-refractivity contribution in [3.63, 3.8) is 0 Å². The second kappa shape index (κ2) is 14.9. The van der Waals surface area contributed by atoms with Gasteiger partial charge in [-0.25, -0.2) is 4.79 Å². The Labute approximate surface area is 266 Å². The predicted octanol–water partition coefficient (Wildman–Crippen LogP) is 2.04. The lowest BCUT2D eigenvalue weighted by Gasteiger charge is -2.38. The number of carbonyl (C=O) groups excluding carboxylic acids is 1. The van der Waals surface area contributed by atoms with Crippen molar-refractivity contribution in [1.82, 2.24) is 14.4 Å². The Hall–Kier alpha value is -4.30. The molecule has 13 heteroatoms. The van der Waals surface area contributed by atoms with Crippen LogP contribution >= 0.6 is 0 Å². The molecular formula is C33H41N3O10. The van der Waals surface area contributed by atoms with Crippen LogP contribution in [0.25, 0.3) is 10.9 Å². The average molecular weight is 640 g/mol. The molecule has 2 saturated heterocycles. The van der Waals surface area contributed by atoms with Crippen molar-refractivity contribution in [2.45, 2.75) is 56.9 Å². The number of aromatic nitrogens is 1. The number of piperidine rings is 1. The zero-order valence-corrected chi connectivity index (χ0v) is 25.8. The first-order valence-corrected chi connectivity index (χ1v) is 15.1. The van der Waals surface area contributed by atoms with Crippen LogP contribution in [0.1, 0.15) is 42.4 Å². The monoisotopic (exact) mass is 639 g/mol. The molecule has 0 atom stereocenters. The largest absolute Gasteiger partial charge is 0.481 e. The number of hydrogen-bond acceptors (Lipinski definition) is 8. The number of carboxylic acid groups (broad SMARTS) is 3. The number of aliphatic hydroxyl groups is 2. The number of fused-ring (bicyclic) bond motifs is 1. The van der Waals surface area contributed by atoms with Gasteiger partial charge >= 0.3 is 17.9 Å². The Balaban J connectivity index is 0.000000315. The number of carboxylic acids is 3. The summed E-state index contributed by atoms with van der Waals surface area (Å²) < 4.78 is 7.48. The highest BCUT2D eigenvalue weighted by molar-refractivity contribution is 5.88. The van der Waals surface area contributed by atoms with Gasteiger partial charge in [0.2, 0.25) is 5.91 Å². The number of rotatable bonds is 10. The van der Waals surface area contributed by atoms with Crippen LogP contribution in [-0.2, 0) is 42.6 Å². The van der Waals surface area contributed by atoms with Gasteiger partial charge in [0.05, 0.1) is 31.7 Å². The van der Waals surface area contributed by atoms with E-state index in [0.717, 1.165) is 43.6 Å². The number of benzene rings is 2. The molecule has 0 unspecified atom stereocenters. The van der Waals surface area contributed by atoms with E-state index in [0.29, 0.717) is 32.8 Å². The fourth-order valence-corrected chi connectivity index (χ4v) is 5.83. The SMILES string of the molecule is Cc1ccc(C2(O)CCN(Cc3cn(CC(=O)N4CCOCC4)c4ccccc34)CC2)cc1.O=C(O)CC(O)(CC(=O)O)C(=O)O. The standard InChI is InChI=1S/C27H33N3O3.C6H8O7/c1-21-6-8-23(9-7-21)27(32)10-12-28(13-11-27)18-22-19-30(25-5-3-2-4-24(22)25)20-26(31)29-14-16-33-17-15-29;7-3(8)1-6(13,5(11)12)2-4(9)10/h2-9,19,32H,10-18,20H2,1H3;13H,1-2H2,(H,7,8)(H,9,10)(H,11,12). The maximum Gasteiger partial charge on any atom is 0.336 e. The van der Waals surface area contributed by atoms with E-state index in [1.54, 1.807) is 0 Å². The van der Waals surface area contributed by atoms with Crippen LogP contribution in [0, 0.1) is 6.92 Å². The number of morpholine rings is 1. The van der Waals surface area contributed by atoms with Crippen LogP contribution in [0.2, 0.25) is 0 Å². The lowest BCUT2D eigenvalue weighted by Crippen LogP contribution is -2.42. The smallest absolute Gasteiger partial charge is 0.336 e. The fraction of sp³-hybridized carbons (Fsp3) is 0.455. The summed E-state index contributed by atoms with van der Waals surface area (Å²) >= 11 is 0. The van der Waals surface area contributed by atoms with Crippen molar-refractivity contribution in [3.8, 4) is 0 Å². The molecule has 3 heterocycles. The number of hydrogen-bond donors (Lipinski definition) is 5. The van der Waals surface area contributed by atoms with Crippen LogP contribution in [-0.4, -0.2) is 109 Å². The third-order valence-electron chi connectivity index (χ3n) is 8.49. The summed E-state index contributed by atoms with van der Waals surface area (Å²) in [5.41, 5.74) is 1.08. The summed E-state index contributed by atoms with van der Waals surface area (Å²) in [6.45, 7) is 7.51. The Kier molecular flexibility index (Phi) is 11.2. The summed E-state index contributed by atoms with van der Waals surface area (Å²) in [5.74, 6) is -4.87. The van der Waals surface area contributed by atoms with Gasteiger partial charge in [0.1, 0.15) is 6.54 Å². The quantitative estimate of drug-likeness (QED) is 0.218. The second-order valence-electron chi connectivity index (χ2n) is 11.9. The molecule has 2 aliphatic heterocycles. The Bertz CT molecular complexity index is 1520. The first-order valence-electron chi connectivity index (χ1n) is 15.1. The van der Waals surface area contributed by atoms with E-state index in [2.05, 4.69) is 65.1 Å². The molecule has 248 valence electrons. The van der Waals surface area contributed by atoms with E-state index < -0.39 is 42.0 Å². The summed E-state index contributed by atoms with van der Waals surface area (Å²) in [4.78, 5) is 47.6. The summed E-state index contributed by atoms with van der Waals surface area (Å²) in [7, 11) is 0. The van der Waals surface area contributed by atoms with Gasteiger partial charge in [-0.2, -0.15) is 0 Å². The van der Waals surface area contributed by atoms with Gasteiger partial charge in [-0.1, -0.05) is 48.0 Å². The van der Waals surface area contributed by atoms with E-state index in [-0.39, 0.29) is 5.91 Å². The van der Waals surface area contributed by atoms with Crippen LogP contribution in [0.3, 0.4) is 0 Å². The highest BCUT2D eigenvalue weighted by Gasteiger charge is 2.41. The molecule has 5 rings (SSSR count). The van der Waals surface area contributed by atoms with Crippen LogP contribution < -0.4 is 0 Å². The molecule has 2 fully saturated rings. The lowest BCUT2D eigenvalue weighted by molar-refractivity contribution is -0.170. The first-order chi connectivity index (χ1) is 21.8. The molecule has 0 radical (unpaired) electrons. The zero-order valence-electron chi connectivity index (χ0n) is 25.8. The van der Waals surface area contributed by atoms with Crippen molar-refractivity contribution < 1.29 is 49.4 Å². The van der Waals surface area contributed by atoms with Crippen molar-refractivity contribution in [3.05, 3.63) is 71.4 Å². The van der Waals surface area contributed by atoms with E-state index in [1.165, 1.54) is 16.5 Å². The van der Waals surface area contributed by atoms with Crippen molar-refractivity contribution in [2.75, 3.05) is 39.4 Å². The Morgan fingerprint density at radius 2 is 1.46 bits per heavy atom. The molecule has 5 N–H and O–H groups in total. The maximum absolute atomic E-state index is 12.8. The molecule has 1 aromatic heterocycles. The summed E-state index contributed by atoms with van der Waals surface area (Å²) in [5, 5.41) is 46.2. The minimum Gasteiger partial charge on any atom is -0.481 e. The summed E-state index contributed by atoms with van der Waals surface area (Å²) in [6, 6.07) is 16.6. The number of ether oxygens (including phenoxy) is 1. The van der Waals surface area contributed by atoms with E-state index in [9.17, 15) is 24.3 Å². The van der Waals surface area contributed by atoms with Crippen LogP contribution in [0.4, 0.5) is 0 Å². The maximum atomic E-state index is 12.8. The van der Waals surface area contributed by atoms with Crippen molar-refractivity contribution in [1.29, 1.82) is 0 Å². The molecule has 2 aromatic carbocycles. The van der Waals surface area contributed by atoms with Crippen LogP contribution in [0.5, 0.6) is 0 Å². The minimum absolute atomic E-state index is 0.145. The normalized spacial score (nSPS) is 16.8. The van der Waals surface area contributed by atoms with Gasteiger partial charge < -0.3 is 39.7 Å². The molecular weight excluding hydrogens is 598 g/mol. The van der Waals surface area contributed by atoms with E-state index in [1.807, 2.05) is 11.0 Å². The number of nitrogens with zero attached hydrogens (tertiary/aromatic N) is 3. The van der Waals surface area contributed by atoms with Gasteiger partial charge in [0.15, 0.2) is 5.60 Å². The van der Waals surface area contributed by atoms with Crippen molar-refractivity contribution >= 4 is 34.7 Å². The highest BCUT2D eigenvalue weighted by Crippen LogP contribution is 2.34. The average Bonchev–Trinajstić information content (AvgIpc) is 3.35. The number of carbonyl (C=O) groups is 4. The topological polar surface area (TPSA) is 190 Å². The molecule has 13 nitrogen and oxygen atoms in total. The molecule has 3 aromatic rings. The zero-order chi connectivity index (χ0) is 33.5. The molecule has 0 aliphatic carbocycles. The van der Waals surface area contributed by atoms with Gasteiger partial charge in [-0.3, -0.25) is 19.3 Å². The number of para-hydroxylation sites is 1. The first kappa shape index (κ1) is 34.6. The molecule has 2 aliphatic rings. The molecule has 1 amide bonds. The van der Waals surface area contributed by atoms with E-state index in [4.69, 9.17) is 25.2 Å². The summed E-state index contributed by atoms with van der Waals surface area (Å²) in [6.07, 6.45) is 1.31. The predicted molar refractivity (Wildman–Crippen MR) is 166 cm³/mol. The number of amides is 1. The van der Waals surface area contributed by atoms with Crippen LogP contribution in [0.15, 0.2) is 54.7 Å². The molecule has 0 saturated carbocycles.